The molecule has 2 aromatic carbocycles. The zero-order valence-corrected chi connectivity index (χ0v) is 16.5. The van der Waals surface area contributed by atoms with Crippen molar-refractivity contribution < 1.29 is 14.4 Å². The van der Waals surface area contributed by atoms with Crippen LogP contribution in [-0.2, 0) is 0 Å². The fourth-order valence-electron chi connectivity index (χ4n) is 3.73. The molecule has 0 spiro atoms. The van der Waals surface area contributed by atoms with Crippen molar-refractivity contribution in [1.29, 1.82) is 0 Å². The van der Waals surface area contributed by atoms with Gasteiger partial charge < -0.3 is 19.9 Å². The van der Waals surface area contributed by atoms with Crippen LogP contribution in [0.25, 0.3) is 0 Å². The molecule has 0 radical (unpaired) electrons. The quantitative estimate of drug-likeness (QED) is 0.785. The summed E-state index contributed by atoms with van der Waals surface area (Å²) in [5.41, 5.74) is 2.97. The molecule has 0 aliphatic carbocycles. The highest BCUT2D eigenvalue weighted by Gasteiger charge is 2.28. The normalized spacial score (nSPS) is 15.4. The van der Waals surface area contributed by atoms with Gasteiger partial charge in [-0.3, -0.25) is 4.79 Å². The van der Waals surface area contributed by atoms with E-state index < -0.39 is 0 Å². The number of methoxy groups -OCH3 is 1. The van der Waals surface area contributed by atoms with Crippen LogP contribution >= 0.6 is 0 Å². The van der Waals surface area contributed by atoms with E-state index in [0.29, 0.717) is 12.1 Å². The van der Waals surface area contributed by atoms with E-state index >= 15 is 0 Å². The third-order valence-electron chi connectivity index (χ3n) is 5.35. The monoisotopic (exact) mass is 368 g/mol. The van der Waals surface area contributed by atoms with Gasteiger partial charge in [0.25, 0.3) is 5.91 Å². The summed E-state index contributed by atoms with van der Waals surface area (Å²) in [7, 11) is 5.64. The van der Waals surface area contributed by atoms with Gasteiger partial charge >= 0.3 is 0 Å². The molecule has 5 heteroatoms. The van der Waals surface area contributed by atoms with Gasteiger partial charge in [0.2, 0.25) is 0 Å². The zero-order valence-electron chi connectivity index (χ0n) is 16.5. The Morgan fingerprint density at radius 2 is 1.85 bits per heavy atom. The third-order valence-corrected chi connectivity index (χ3v) is 5.35. The van der Waals surface area contributed by atoms with Crippen molar-refractivity contribution in [2.45, 2.75) is 18.9 Å². The summed E-state index contributed by atoms with van der Waals surface area (Å²) in [4.78, 5) is 16.3. The van der Waals surface area contributed by atoms with E-state index in [1.54, 1.807) is 12.0 Å². The van der Waals surface area contributed by atoms with Crippen molar-refractivity contribution in [3.63, 3.8) is 0 Å². The van der Waals surface area contributed by atoms with Crippen LogP contribution in [-0.4, -0.2) is 46.7 Å². The van der Waals surface area contributed by atoms with E-state index in [1.807, 2.05) is 55.4 Å². The first kappa shape index (κ1) is 19.2. The fourth-order valence-corrected chi connectivity index (χ4v) is 3.73. The van der Waals surface area contributed by atoms with Gasteiger partial charge in [0.05, 0.1) is 26.7 Å². The zero-order chi connectivity index (χ0) is 19.2. The molecule has 2 N–H and O–H groups in total. The number of rotatable bonds is 7. The molecule has 27 heavy (non-hydrogen) atoms. The first-order valence-corrected chi connectivity index (χ1v) is 9.62. The number of anilines is 1. The van der Waals surface area contributed by atoms with Gasteiger partial charge in [-0.2, -0.15) is 0 Å². The number of carbonyl (C=O) groups is 1. The van der Waals surface area contributed by atoms with Crippen molar-refractivity contribution in [3.05, 3.63) is 59.7 Å². The molecule has 1 fully saturated rings. The Hall–Kier alpha value is -2.53. The molecule has 5 nitrogen and oxygen atoms in total. The first-order valence-electron chi connectivity index (χ1n) is 9.62. The molecule has 1 amide bonds. The van der Waals surface area contributed by atoms with E-state index in [1.165, 1.54) is 18.4 Å². The maximum Gasteiger partial charge on any atom is 0.251 e. The van der Waals surface area contributed by atoms with Crippen LogP contribution in [0.4, 0.5) is 5.69 Å². The molecule has 3 rings (SSSR count). The predicted molar refractivity (Wildman–Crippen MR) is 109 cm³/mol. The van der Waals surface area contributed by atoms with Crippen molar-refractivity contribution in [2.75, 3.05) is 45.7 Å². The average molecular weight is 369 g/mol. The number of carbonyl (C=O) groups excluding carboxylic acids is 1. The minimum atomic E-state index is -0.0178. The highest BCUT2D eigenvalue weighted by Crippen LogP contribution is 2.17. The van der Waals surface area contributed by atoms with Crippen LogP contribution < -0.4 is 19.9 Å². The highest BCUT2D eigenvalue weighted by molar-refractivity contribution is 5.95. The number of amides is 1. The molecule has 0 aromatic heterocycles. The SMILES string of the molecule is COc1ccc([C@@H](CNC(=O)c2cccc(N(C)C)c2)[NH+]2CCCC2)cc1. The average Bonchev–Trinajstić information content (AvgIpc) is 3.23. The van der Waals surface area contributed by atoms with Gasteiger partial charge in [-0.15, -0.1) is 0 Å². The molecule has 1 aliphatic rings. The van der Waals surface area contributed by atoms with Crippen molar-refractivity contribution in [2.24, 2.45) is 0 Å². The van der Waals surface area contributed by atoms with Crippen LogP contribution in [0.1, 0.15) is 34.8 Å². The number of nitrogens with zero attached hydrogens (tertiary/aromatic N) is 1. The number of quaternary nitrogens is 1. The lowest BCUT2D eigenvalue weighted by Crippen LogP contribution is -3.11. The number of hydrogen-bond acceptors (Lipinski definition) is 3. The Morgan fingerprint density at radius 1 is 1.15 bits per heavy atom. The van der Waals surface area contributed by atoms with E-state index in [0.717, 1.165) is 24.5 Å². The predicted octanol–water partition coefficient (Wildman–Crippen LogP) is 1.91. The summed E-state index contributed by atoms with van der Waals surface area (Å²) >= 11 is 0. The van der Waals surface area contributed by atoms with Crippen molar-refractivity contribution in [3.8, 4) is 5.75 Å². The standard InChI is InChI=1S/C22H29N3O2/c1-24(2)19-8-6-7-18(15-19)22(26)23-16-21(25-13-4-5-14-25)17-9-11-20(27-3)12-10-17/h6-12,15,21H,4-5,13-14,16H2,1-3H3,(H,23,26)/p+1/t21-/m1/s1. The van der Waals surface area contributed by atoms with Crippen LogP contribution in [0, 0.1) is 0 Å². The maximum absolute atomic E-state index is 12.7. The molecule has 0 bridgehead atoms. The summed E-state index contributed by atoms with van der Waals surface area (Å²) in [6, 6.07) is 16.2. The molecule has 1 heterocycles. The minimum absolute atomic E-state index is 0.0178. The Morgan fingerprint density at radius 3 is 2.48 bits per heavy atom. The lowest BCUT2D eigenvalue weighted by molar-refractivity contribution is -0.918. The van der Waals surface area contributed by atoms with E-state index in [2.05, 4.69) is 17.4 Å². The molecule has 0 unspecified atom stereocenters. The minimum Gasteiger partial charge on any atom is -0.497 e. The van der Waals surface area contributed by atoms with Crippen molar-refractivity contribution >= 4 is 11.6 Å². The second-order valence-electron chi connectivity index (χ2n) is 7.35. The molecule has 1 aliphatic heterocycles. The van der Waals surface area contributed by atoms with E-state index in [4.69, 9.17) is 4.74 Å². The van der Waals surface area contributed by atoms with E-state index in [9.17, 15) is 4.79 Å². The van der Waals surface area contributed by atoms with Gasteiger partial charge in [0.15, 0.2) is 0 Å². The summed E-state index contributed by atoms with van der Waals surface area (Å²) in [6.07, 6.45) is 2.50. The molecule has 0 saturated carbocycles. The Kier molecular flexibility index (Phi) is 6.35. The topological polar surface area (TPSA) is 46.0 Å². The van der Waals surface area contributed by atoms with Crippen LogP contribution in [0.3, 0.4) is 0 Å². The largest absolute Gasteiger partial charge is 0.497 e. The second kappa shape index (κ2) is 8.91. The number of ether oxygens (including phenoxy) is 1. The number of nitrogens with one attached hydrogen (secondary N) is 2. The van der Waals surface area contributed by atoms with Gasteiger partial charge in [-0.05, 0) is 42.5 Å². The highest BCUT2D eigenvalue weighted by atomic mass is 16.5. The smallest absolute Gasteiger partial charge is 0.251 e. The molecule has 144 valence electrons. The summed E-state index contributed by atoms with van der Waals surface area (Å²) in [5.74, 6) is 0.842. The van der Waals surface area contributed by atoms with Crippen LogP contribution in [0.5, 0.6) is 5.75 Å². The summed E-state index contributed by atoms with van der Waals surface area (Å²) in [6.45, 7) is 2.94. The van der Waals surface area contributed by atoms with Gasteiger partial charge in [0, 0.05) is 43.8 Å². The fraction of sp³-hybridized carbons (Fsp3) is 0.409. The third kappa shape index (κ3) is 4.80. The lowest BCUT2D eigenvalue weighted by Gasteiger charge is -2.25. The van der Waals surface area contributed by atoms with Gasteiger partial charge in [0.1, 0.15) is 11.8 Å². The van der Waals surface area contributed by atoms with Crippen LogP contribution in [0.15, 0.2) is 48.5 Å². The van der Waals surface area contributed by atoms with Crippen LogP contribution in [0.2, 0.25) is 0 Å². The summed E-state index contributed by atoms with van der Waals surface area (Å²) < 4.78 is 5.28. The van der Waals surface area contributed by atoms with Gasteiger partial charge in [-0.1, -0.05) is 6.07 Å². The van der Waals surface area contributed by atoms with Gasteiger partial charge in [-0.25, -0.2) is 0 Å². The molecule has 1 saturated heterocycles. The Bertz CT molecular complexity index is 752. The lowest BCUT2D eigenvalue weighted by atomic mass is 10.0. The molecular weight excluding hydrogens is 338 g/mol. The number of benzene rings is 2. The second-order valence-corrected chi connectivity index (χ2v) is 7.35. The molecule has 1 atom stereocenters. The van der Waals surface area contributed by atoms with Crippen molar-refractivity contribution in [1.82, 2.24) is 5.32 Å². The summed E-state index contributed by atoms with van der Waals surface area (Å²) in [5, 5.41) is 3.16. The Labute approximate surface area is 161 Å². The van der Waals surface area contributed by atoms with E-state index in [-0.39, 0.29) is 11.9 Å². The maximum atomic E-state index is 12.7. The molecular formula is C22H30N3O2+. The molecule has 2 aromatic rings. The first-order chi connectivity index (χ1) is 13.1. The number of likely N-dealkylation sites (tertiary alicyclic amines) is 1. The number of hydrogen-bond donors (Lipinski definition) is 2. The Balaban J connectivity index is 1.72.